The van der Waals surface area contributed by atoms with Gasteiger partial charge < -0.3 is 4.98 Å². The van der Waals surface area contributed by atoms with Gasteiger partial charge in [-0.1, -0.05) is 54.6 Å². The summed E-state index contributed by atoms with van der Waals surface area (Å²) in [4.78, 5) is 3.60. The maximum Gasteiger partial charge on any atom is 0.0541 e. The van der Waals surface area contributed by atoms with Crippen LogP contribution in [0.1, 0.15) is 17.7 Å². The van der Waals surface area contributed by atoms with E-state index in [1.807, 2.05) is 0 Å². The number of H-pyrrole nitrogens is 1. The Morgan fingerprint density at radius 2 is 1.79 bits per heavy atom. The zero-order valence-corrected chi connectivity index (χ0v) is 10.7. The summed E-state index contributed by atoms with van der Waals surface area (Å²) in [5, 5.41) is 1.38. The minimum atomic E-state index is 1.14. The molecule has 0 amide bonds. The van der Waals surface area contributed by atoms with Gasteiger partial charge in [-0.15, -0.1) is 0 Å². The largest absolute Gasteiger partial charge is 0.354 e. The summed E-state index contributed by atoms with van der Waals surface area (Å²) in [6.07, 6.45) is 6.76. The molecule has 0 saturated heterocycles. The molecule has 3 aromatic rings. The molecule has 0 aliphatic heterocycles. The van der Waals surface area contributed by atoms with Crippen molar-refractivity contribution >= 4 is 17.0 Å². The fourth-order valence-electron chi connectivity index (χ4n) is 2.99. The number of aromatic amines is 1. The van der Waals surface area contributed by atoms with Crippen LogP contribution in [0.4, 0.5) is 0 Å². The lowest BCUT2D eigenvalue weighted by molar-refractivity contribution is 0.992. The molecule has 2 aromatic carbocycles. The number of nitrogens with one attached hydrogen (secondary N) is 1. The van der Waals surface area contributed by atoms with Gasteiger partial charge in [-0.25, -0.2) is 0 Å². The molecule has 0 spiro atoms. The van der Waals surface area contributed by atoms with E-state index in [9.17, 15) is 0 Å². The molecule has 0 bridgehead atoms. The predicted octanol–water partition coefficient (Wildman–Crippen LogP) is 4.79. The maximum absolute atomic E-state index is 3.60. The van der Waals surface area contributed by atoms with Crippen molar-refractivity contribution in [2.45, 2.75) is 12.8 Å². The average Bonchev–Trinajstić information content (AvgIpc) is 2.87. The van der Waals surface area contributed by atoms with Gasteiger partial charge in [0.05, 0.1) is 5.52 Å². The molecule has 0 saturated carbocycles. The van der Waals surface area contributed by atoms with E-state index in [0.29, 0.717) is 0 Å². The molecule has 92 valence electrons. The SMILES string of the molecule is C1=Cc2[nH]c3c(-c4ccccc4)cccc3c2CC1. The van der Waals surface area contributed by atoms with Gasteiger partial charge in [0.25, 0.3) is 0 Å². The Hall–Kier alpha value is -2.28. The average molecular weight is 245 g/mol. The van der Waals surface area contributed by atoms with E-state index >= 15 is 0 Å². The van der Waals surface area contributed by atoms with Crippen LogP contribution in [-0.4, -0.2) is 4.98 Å². The molecule has 1 heteroatoms. The number of hydrogen-bond donors (Lipinski definition) is 1. The van der Waals surface area contributed by atoms with Crippen LogP contribution in [0.2, 0.25) is 0 Å². The van der Waals surface area contributed by atoms with Crippen molar-refractivity contribution < 1.29 is 0 Å². The van der Waals surface area contributed by atoms with Gasteiger partial charge in [-0.3, -0.25) is 0 Å². The maximum atomic E-state index is 3.60. The molecule has 1 aromatic heterocycles. The summed E-state index contributed by atoms with van der Waals surface area (Å²) in [6.45, 7) is 0. The molecule has 0 atom stereocenters. The smallest absolute Gasteiger partial charge is 0.0541 e. The van der Waals surface area contributed by atoms with E-state index in [4.69, 9.17) is 0 Å². The van der Waals surface area contributed by atoms with Gasteiger partial charge in [-0.05, 0) is 30.0 Å². The van der Waals surface area contributed by atoms with Gasteiger partial charge in [0.2, 0.25) is 0 Å². The molecular weight excluding hydrogens is 230 g/mol. The molecular formula is C18H15N. The summed E-state index contributed by atoms with van der Waals surface area (Å²) in [6, 6.07) is 17.2. The number of allylic oxidation sites excluding steroid dienone is 1. The lowest BCUT2D eigenvalue weighted by Crippen LogP contribution is -1.89. The van der Waals surface area contributed by atoms with Crippen molar-refractivity contribution in [1.82, 2.24) is 4.98 Å². The first kappa shape index (κ1) is 10.6. The van der Waals surface area contributed by atoms with Crippen molar-refractivity contribution in [2.75, 3.05) is 0 Å². The van der Waals surface area contributed by atoms with Gasteiger partial charge in [0, 0.05) is 16.6 Å². The Balaban J connectivity index is 2.03. The highest BCUT2D eigenvalue weighted by Gasteiger charge is 2.14. The summed E-state index contributed by atoms with van der Waals surface area (Å²) in [5.41, 5.74) is 6.58. The third-order valence-electron chi connectivity index (χ3n) is 3.90. The van der Waals surface area contributed by atoms with Crippen LogP contribution < -0.4 is 0 Å². The van der Waals surface area contributed by atoms with Crippen molar-refractivity contribution in [3.63, 3.8) is 0 Å². The van der Waals surface area contributed by atoms with Crippen LogP contribution in [0.3, 0.4) is 0 Å². The highest BCUT2D eigenvalue weighted by atomic mass is 14.7. The van der Waals surface area contributed by atoms with E-state index in [-0.39, 0.29) is 0 Å². The number of aryl methyl sites for hydroxylation is 1. The Kier molecular flexibility index (Phi) is 2.31. The van der Waals surface area contributed by atoms with Crippen molar-refractivity contribution in [1.29, 1.82) is 0 Å². The van der Waals surface area contributed by atoms with E-state index in [0.717, 1.165) is 12.8 Å². The first-order chi connectivity index (χ1) is 9.43. The third-order valence-corrected chi connectivity index (χ3v) is 3.90. The first-order valence-electron chi connectivity index (χ1n) is 6.79. The van der Waals surface area contributed by atoms with Crippen LogP contribution >= 0.6 is 0 Å². The van der Waals surface area contributed by atoms with Gasteiger partial charge >= 0.3 is 0 Å². The normalized spacial score (nSPS) is 13.7. The lowest BCUT2D eigenvalue weighted by Gasteiger charge is -2.05. The lowest BCUT2D eigenvalue weighted by atomic mass is 9.98. The van der Waals surface area contributed by atoms with Crippen LogP contribution in [0.15, 0.2) is 54.6 Å². The second-order valence-electron chi connectivity index (χ2n) is 5.05. The van der Waals surface area contributed by atoms with Crippen LogP contribution in [-0.2, 0) is 6.42 Å². The van der Waals surface area contributed by atoms with Gasteiger partial charge in [0.1, 0.15) is 0 Å². The van der Waals surface area contributed by atoms with E-state index in [2.05, 4.69) is 65.7 Å². The summed E-state index contributed by atoms with van der Waals surface area (Å²) >= 11 is 0. The Bertz CT molecular complexity index is 763. The minimum Gasteiger partial charge on any atom is -0.354 e. The zero-order chi connectivity index (χ0) is 12.7. The molecule has 4 rings (SSSR count). The van der Waals surface area contributed by atoms with Crippen molar-refractivity contribution in [3.05, 3.63) is 65.9 Å². The van der Waals surface area contributed by atoms with E-state index in [1.54, 1.807) is 0 Å². The molecule has 0 unspecified atom stereocenters. The molecule has 1 nitrogen and oxygen atoms in total. The molecule has 1 aliphatic carbocycles. The Morgan fingerprint density at radius 3 is 2.68 bits per heavy atom. The second-order valence-corrected chi connectivity index (χ2v) is 5.05. The summed E-state index contributed by atoms with van der Waals surface area (Å²) < 4.78 is 0. The fourth-order valence-corrected chi connectivity index (χ4v) is 2.99. The molecule has 19 heavy (non-hydrogen) atoms. The summed E-state index contributed by atoms with van der Waals surface area (Å²) in [7, 11) is 0. The number of hydrogen-bond acceptors (Lipinski definition) is 0. The minimum absolute atomic E-state index is 1.14. The fraction of sp³-hybridized carbons (Fsp3) is 0.111. The summed E-state index contributed by atoms with van der Waals surface area (Å²) in [5.74, 6) is 0. The third kappa shape index (κ3) is 1.62. The Morgan fingerprint density at radius 1 is 0.895 bits per heavy atom. The number of rotatable bonds is 1. The van der Waals surface area contributed by atoms with Crippen LogP contribution in [0.25, 0.3) is 28.1 Å². The van der Waals surface area contributed by atoms with Crippen LogP contribution in [0, 0.1) is 0 Å². The number of aromatic nitrogens is 1. The predicted molar refractivity (Wildman–Crippen MR) is 81.1 cm³/mol. The Labute approximate surface area is 112 Å². The monoisotopic (exact) mass is 245 g/mol. The van der Waals surface area contributed by atoms with Crippen molar-refractivity contribution in [3.8, 4) is 11.1 Å². The standard InChI is InChI=1S/C18H15N/c1-2-7-13(8-3-1)14-10-6-11-16-15-9-4-5-12-17(15)19-18(14)16/h1-3,5-8,10-12,19H,4,9H2. The van der Waals surface area contributed by atoms with Crippen LogP contribution in [0.5, 0.6) is 0 Å². The van der Waals surface area contributed by atoms with Crippen molar-refractivity contribution in [2.24, 2.45) is 0 Å². The van der Waals surface area contributed by atoms with E-state index in [1.165, 1.54) is 33.3 Å². The van der Waals surface area contributed by atoms with Gasteiger partial charge in [0.15, 0.2) is 0 Å². The topological polar surface area (TPSA) is 15.8 Å². The quantitative estimate of drug-likeness (QED) is 0.634. The van der Waals surface area contributed by atoms with E-state index < -0.39 is 0 Å². The highest BCUT2D eigenvalue weighted by Crippen LogP contribution is 2.34. The molecule has 0 radical (unpaired) electrons. The molecule has 0 fully saturated rings. The van der Waals surface area contributed by atoms with Gasteiger partial charge in [-0.2, -0.15) is 0 Å². The number of benzene rings is 2. The number of fused-ring (bicyclic) bond motifs is 3. The molecule has 1 heterocycles. The number of para-hydroxylation sites is 1. The first-order valence-corrected chi connectivity index (χ1v) is 6.79. The molecule has 1 N–H and O–H groups in total. The molecule has 1 aliphatic rings. The zero-order valence-electron chi connectivity index (χ0n) is 10.7. The second kappa shape index (κ2) is 4.13. The highest BCUT2D eigenvalue weighted by molar-refractivity contribution is 5.98.